The zero-order valence-electron chi connectivity index (χ0n) is 12.9. The van der Waals surface area contributed by atoms with Crippen LogP contribution in [0.15, 0.2) is 0 Å². The van der Waals surface area contributed by atoms with Gasteiger partial charge in [-0.15, -0.1) is 0 Å². The third-order valence-electron chi connectivity index (χ3n) is 4.95. The molecule has 0 aromatic heterocycles. The van der Waals surface area contributed by atoms with E-state index in [1.54, 1.807) is 7.05 Å². The van der Waals surface area contributed by atoms with Gasteiger partial charge in [0.1, 0.15) is 0 Å². The van der Waals surface area contributed by atoms with Gasteiger partial charge < -0.3 is 15.5 Å². The SMILES string of the molecule is CCC1CCNC(C(=O)N2CCC(C)(C(=O)NC)C2)C1. The number of amides is 2. The smallest absolute Gasteiger partial charge is 0.239 e. The molecule has 20 heavy (non-hydrogen) atoms. The first-order valence-corrected chi connectivity index (χ1v) is 7.74. The molecule has 2 fully saturated rings. The van der Waals surface area contributed by atoms with E-state index in [9.17, 15) is 9.59 Å². The molecule has 2 amide bonds. The second kappa shape index (κ2) is 6.12. The van der Waals surface area contributed by atoms with Gasteiger partial charge in [0, 0.05) is 20.1 Å². The van der Waals surface area contributed by atoms with E-state index in [-0.39, 0.29) is 17.9 Å². The highest BCUT2D eigenvalue weighted by atomic mass is 16.2. The predicted octanol–water partition coefficient (Wildman–Crippen LogP) is 0.749. The van der Waals surface area contributed by atoms with Crippen LogP contribution in [-0.2, 0) is 9.59 Å². The van der Waals surface area contributed by atoms with Crippen LogP contribution in [0.2, 0.25) is 0 Å². The quantitative estimate of drug-likeness (QED) is 0.802. The van der Waals surface area contributed by atoms with Crippen molar-refractivity contribution in [2.24, 2.45) is 11.3 Å². The van der Waals surface area contributed by atoms with Gasteiger partial charge >= 0.3 is 0 Å². The minimum absolute atomic E-state index is 0.0378. The largest absolute Gasteiger partial charge is 0.359 e. The van der Waals surface area contributed by atoms with Crippen molar-refractivity contribution in [2.45, 2.75) is 45.6 Å². The van der Waals surface area contributed by atoms with E-state index in [0.717, 1.165) is 32.2 Å². The van der Waals surface area contributed by atoms with E-state index in [1.807, 2.05) is 11.8 Å². The van der Waals surface area contributed by atoms with Crippen LogP contribution >= 0.6 is 0 Å². The molecule has 2 saturated heterocycles. The summed E-state index contributed by atoms with van der Waals surface area (Å²) >= 11 is 0. The molecule has 0 spiro atoms. The fourth-order valence-corrected chi connectivity index (χ4v) is 3.41. The van der Waals surface area contributed by atoms with Crippen LogP contribution in [-0.4, -0.2) is 49.4 Å². The van der Waals surface area contributed by atoms with E-state index in [4.69, 9.17) is 0 Å². The monoisotopic (exact) mass is 281 g/mol. The van der Waals surface area contributed by atoms with Crippen LogP contribution in [0.25, 0.3) is 0 Å². The van der Waals surface area contributed by atoms with Crippen molar-refractivity contribution >= 4 is 11.8 Å². The molecule has 0 aromatic rings. The molecule has 2 aliphatic rings. The lowest BCUT2D eigenvalue weighted by Gasteiger charge is -2.32. The Morgan fingerprint density at radius 1 is 1.45 bits per heavy atom. The van der Waals surface area contributed by atoms with Crippen LogP contribution in [0, 0.1) is 11.3 Å². The summed E-state index contributed by atoms with van der Waals surface area (Å²) in [5, 5.41) is 6.05. The molecule has 0 aromatic carbocycles. The molecule has 2 N–H and O–H groups in total. The number of likely N-dealkylation sites (tertiary alicyclic amines) is 1. The average Bonchev–Trinajstić information content (AvgIpc) is 2.89. The van der Waals surface area contributed by atoms with Crippen molar-refractivity contribution in [1.82, 2.24) is 15.5 Å². The fourth-order valence-electron chi connectivity index (χ4n) is 3.41. The summed E-state index contributed by atoms with van der Waals surface area (Å²) in [6.45, 7) is 6.30. The van der Waals surface area contributed by atoms with Gasteiger partial charge in [0.2, 0.25) is 11.8 Å². The van der Waals surface area contributed by atoms with Crippen molar-refractivity contribution in [2.75, 3.05) is 26.7 Å². The topological polar surface area (TPSA) is 61.4 Å². The molecule has 5 nitrogen and oxygen atoms in total. The standard InChI is InChI=1S/C15H27N3O2/c1-4-11-5-7-17-12(9-11)13(19)18-8-6-15(2,10-18)14(20)16-3/h11-12,17H,4-10H2,1-3H3,(H,16,20). The Bertz CT molecular complexity index is 385. The minimum atomic E-state index is -0.427. The molecular formula is C15H27N3O2. The molecule has 3 unspecified atom stereocenters. The van der Waals surface area contributed by atoms with E-state index in [2.05, 4.69) is 17.6 Å². The van der Waals surface area contributed by atoms with Crippen molar-refractivity contribution in [3.8, 4) is 0 Å². The maximum Gasteiger partial charge on any atom is 0.239 e. The Kier molecular flexibility index (Phi) is 4.68. The third kappa shape index (κ3) is 2.97. The maximum absolute atomic E-state index is 12.6. The number of carbonyl (C=O) groups excluding carboxylic acids is 2. The lowest BCUT2D eigenvalue weighted by molar-refractivity contribution is -0.135. The summed E-state index contributed by atoms with van der Waals surface area (Å²) in [5.74, 6) is 0.866. The summed E-state index contributed by atoms with van der Waals surface area (Å²) in [6, 6.07) is -0.0549. The van der Waals surface area contributed by atoms with Crippen LogP contribution in [0.1, 0.15) is 39.5 Å². The normalized spacial score (nSPS) is 34.0. The number of hydrogen-bond acceptors (Lipinski definition) is 3. The highest BCUT2D eigenvalue weighted by Crippen LogP contribution is 2.31. The first-order valence-electron chi connectivity index (χ1n) is 7.74. The summed E-state index contributed by atoms with van der Waals surface area (Å²) in [6.07, 6.45) is 3.99. The Morgan fingerprint density at radius 2 is 2.20 bits per heavy atom. The highest BCUT2D eigenvalue weighted by Gasteiger charge is 2.43. The van der Waals surface area contributed by atoms with Gasteiger partial charge in [-0.05, 0) is 38.6 Å². The number of nitrogens with one attached hydrogen (secondary N) is 2. The maximum atomic E-state index is 12.6. The molecule has 2 rings (SSSR count). The number of piperidine rings is 1. The number of nitrogens with zero attached hydrogens (tertiary/aromatic N) is 1. The van der Waals surface area contributed by atoms with Crippen LogP contribution < -0.4 is 10.6 Å². The van der Waals surface area contributed by atoms with Crippen molar-refractivity contribution < 1.29 is 9.59 Å². The molecule has 2 aliphatic heterocycles. The van der Waals surface area contributed by atoms with Gasteiger partial charge in [-0.25, -0.2) is 0 Å². The zero-order valence-corrected chi connectivity index (χ0v) is 12.9. The van der Waals surface area contributed by atoms with E-state index >= 15 is 0 Å². The van der Waals surface area contributed by atoms with E-state index in [1.165, 1.54) is 0 Å². The van der Waals surface area contributed by atoms with Crippen LogP contribution in [0.5, 0.6) is 0 Å². The van der Waals surface area contributed by atoms with Crippen LogP contribution in [0.3, 0.4) is 0 Å². The molecule has 0 saturated carbocycles. The van der Waals surface area contributed by atoms with E-state index in [0.29, 0.717) is 19.0 Å². The Balaban J connectivity index is 1.96. The third-order valence-corrected chi connectivity index (χ3v) is 4.95. The fraction of sp³-hybridized carbons (Fsp3) is 0.867. The molecule has 0 aliphatic carbocycles. The first kappa shape index (κ1) is 15.3. The summed E-state index contributed by atoms with van der Waals surface area (Å²) in [4.78, 5) is 26.4. The van der Waals surface area contributed by atoms with Gasteiger partial charge in [0.25, 0.3) is 0 Å². The molecular weight excluding hydrogens is 254 g/mol. The first-order chi connectivity index (χ1) is 9.50. The summed E-state index contributed by atoms with van der Waals surface area (Å²) in [7, 11) is 1.66. The molecule has 0 bridgehead atoms. The molecule has 2 heterocycles. The van der Waals surface area contributed by atoms with Crippen LogP contribution in [0.4, 0.5) is 0 Å². The Hall–Kier alpha value is -1.10. The number of carbonyl (C=O) groups is 2. The van der Waals surface area contributed by atoms with Crippen molar-refractivity contribution in [3.63, 3.8) is 0 Å². The van der Waals surface area contributed by atoms with Gasteiger partial charge in [0.05, 0.1) is 11.5 Å². The van der Waals surface area contributed by atoms with Gasteiger partial charge in [-0.3, -0.25) is 9.59 Å². The number of hydrogen-bond donors (Lipinski definition) is 2. The summed E-state index contributed by atoms with van der Waals surface area (Å²) in [5.41, 5.74) is -0.427. The second-order valence-corrected chi connectivity index (χ2v) is 6.45. The molecule has 114 valence electrons. The second-order valence-electron chi connectivity index (χ2n) is 6.45. The van der Waals surface area contributed by atoms with Gasteiger partial charge in [-0.1, -0.05) is 13.3 Å². The van der Waals surface area contributed by atoms with Crippen molar-refractivity contribution in [1.29, 1.82) is 0 Å². The molecule has 3 atom stereocenters. The van der Waals surface area contributed by atoms with Crippen molar-refractivity contribution in [3.05, 3.63) is 0 Å². The Labute approximate surface area is 121 Å². The highest BCUT2D eigenvalue weighted by molar-refractivity contribution is 5.86. The Morgan fingerprint density at radius 3 is 2.85 bits per heavy atom. The average molecular weight is 281 g/mol. The lowest BCUT2D eigenvalue weighted by Crippen LogP contribution is -2.50. The minimum Gasteiger partial charge on any atom is -0.359 e. The predicted molar refractivity (Wildman–Crippen MR) is 78.2 cm³/mol. The number of rotatable bonds is 3. The van der Waals surface area contributed by atoms with Gasteiger partial charge in [0.15, 0.2) is 0 Å². The molecule has 5 heteroatoms. The molecule has 0 radical (unpaired) electrons. The summed E-state index contributed by atoms with van der Waals surface area (Å²) < 4.78 is 0. The van der Waals surface area contributed by atoms with Gasteiger partial charge in [-0.2, -0.15) is 0 Å². The lowest BCUT2D eigenvalue weighted by atomic mass is 9.88. The zero-order chi connectivity index (χ0) is 14.8. The van der Waals surface area contributed by atoms with E-state index < -0.39 is 5.41 Å².